The lowest BCUT2D eigenvalue weighted by Gasteiger charge is -2.18. The number of hydrogen-bond donors (Lipinski definition) is 0. The van der Waals surface area contributed by atoms with Gasteiger partial charge in [-0.1, -0.05) is 12.2 Å². The van der Waals surface area contributed by atoms with Crippen LogP contribution in [0.15, 0.2) is 24.4 Å². The average Bonchev–Trinajstić information content (AvgIpc) is 1.91. The quantitative estimate of drug-likeness (QED) is 0.587. The predicted octanol–water partition coefficient (Wildman–Crippen LogP) is 2.03. The van der Waals surface area contributed by atoms with Crippen molar-refractivity contribution in [3.05, 3.63) is 24.4 Å². The highest BCUT2D eigenvalue weighted by Crippen LogP contribution is 1.97. The second kappa shape index (κ2) is 5.63. The Hall–Kier alpha value is -0.140. The number of nitrogens with zero attached hydrogens (tertiary/aromatic N) is 1. The maximum Gasteiger partial charge on any atom is 0.0399 e. The van der Waals surface area contributed by atoms with Crippen LogP contribution < -0.4 is 0 Å². The number of hydrogen-bond acceptors (Lipinski definition) is 1. The van der Waals surface area contributed by atoms with Gasteiger partial charge in [-0.3, -0.25) is 0 Å². The number of halogens is 2. The number of alkyl halides is 1. The standard InChI is InChI=1S/C7H10ClN.ClH/c8-4-7-9-5-2-1-3-6-9;/h1-3,5H,4,6-7H2;1H. The minimum atomic E-state index is 0. The summed E-state index contributed by atoms with van der Waals surface area (Å²) >= 11 is 5.54. The Morgan fingerprint density at radius 1 is 1.40 bits per heavy atom. The zero-order valence-electron chi connectivity index (χ0n) is 5.66. The number of allylic oxidation sites excluding steroid dienone is 2. The van der Waals surface area contributed by atoms with Crippen molar-refractivity contribution in [3.63, 3.8) is 0 Å². The maximum absolute atomic E-state index is 5.54. The van der Waals surface area contributed by atoms with E-state index in [1.165, 1.54) is 0 Å². The first-order valence-electron chi connectivity index (χ1n) is 3.07. The molecule has 0 radical (unpaired) electrons. The van der Waals surface area contributed by atoms with Gasteiger partial charge in [0, 0.05) is 19.0 Å². The molecule has 0 fully saturated rings. The van der Waals surface area contributed by atoms with Crippen LogP contribution in [0.2, 0.25) is 0 Å². The van der Waals surface area contributed by atoms with E-state index in [-0.39, 0.29) is 12.4 Å². The van der Waals surface area contributed by atoms with E-state index in [4.69, 9.17) is 11.6 Å². The van der Waals surface area contributed by atoms with Crippen molar-refractivity contribution >= 4 is 24.0 Å². The Kier molecular flexibility index (Phi) is 5.55. The molecule has 10 heavy (non-hydrogen) atoms. The molecule has 0 saturated carbocycles. The molecular weight excluding hydrogens is 169 g/mol. The molecule has 0 N–H and O–H groups in total. The van der Waals surface area contributed by atoms with Gasteiger partial charge in [0.25, 0.3) is 0 Å². The minimum Gasteiger partial charge on any atom is -0.372 e. The number of rotatable bonds is 2. The summed E-state index contributed by atoms with van der Waals surface area (Å²) in [5, 5.41) is 0. The lowest BCUT2D eigenvalue weighted by Crippen LogP contribution is -2.20. The molecule has 0 aromatic rings. The summed E-state index contributed by atoms with van der Waals surface area (Å²) < 4.78 is 0. The zero-order chi connectivity index (χ0) is 6.53. The lowest BCUT2D eigenvalue weighted by atomic mass is 10.3. The molecule has 0 aromatic heterocycles. The molecule has 0 aromatic carbocycles. The van der Waals surface area contributed by atoms with Crippen LogP contribution in [0.4, 0.5) is 0 Å². The Balaban J connectivity index is 0.000000810. The Labute approximate surface area is 72.8 Å². The first-order valence-corrected chi connectivity index (χ1v) is 3.60. The third-order valence-electron chi connectivity index (χ3n) is 1.26. The van der Waals surface area contributed by atoms with E-state index in [0.717, 1.165) is 13.1 Å². The van der Waals surface area contributed by atoms with E-state index in [0.29, 0.717) is 5.88 Å². The fourth-order valence-corrected chi connectivity index (χ4v) is 0.999. The summed E-state index contributed by atoms with van der Waals surface area (Å²) in [5.41, 5.74) is 0. The smallest absolute Gasteiger partial charge is 0.0399 e. The SMILES string of the molecule is Cl.ClCCN1C=CC=CC1. The van der Waals surface area contributed by atoms with Crippen LogP contribution in [-0.4, -0.2) is 23.9 Å². The van der Waals surface area contributed by atoms with Gasteiger partial charge >= 0.3 is 0 Å². The zero-order valence-corrected chi connectivity index (χ0v) is 7.24. The van der Waals surface area contributed by atoms with Gasteiger partial charge in [0.15, 0.2) is 0 Å². The average molecular weight is 180 g/mol. The Morgan fingerprint density at radius 3 is 2.70 bits per heavy atom. The van der Waals surface area contributed by atoms with Gasteiger partial charge in [0.1, 0.15) is 0 Å². The van der Waals surface area contributed by atoms with Crippen molar-refractivity contribution < 1.29 is 0 Å². The monoisotopic (exact) mass is 179 g/mol. The van der Waals surface area contributed by atoms with Gasteiger partial charge in [0.05, 0.1) is 0 Å². The van der Waals surface area contributed by atoms with E-state index in [1.54, 1.807) is 0 Å². The van der Waals surface area contributed by atoms with Crippen molar-refractivity contribution in [1.82, 2.24) is 4.90 Å². The summed E-state index contributed by atoms with van der Waals surface area (Å²) in [4.78, 5) is 2.17. The Morgan fingerprint density at radius 2 is 2.20 bits per heavy atom. The van der Waals surface area contributed by atoms with Crippen molar-refractivity contribution in [2.24, 2.45) is 0 Å². The molecule has 0 aliphatic carbocycles. The molecule has 0 amide bonds. The highest BCUT2D eigenvalue weighted by atomic mass is 35.5. The first kappa shape index (κ1) is 9.86. The van der Waals surface area contributed by atoms with E-state index in [1.807, 2.05) is 12.2 Å². The molecule has 1 aliphatic heterocycles. The van der Waals surface area contributed by atoms with E-state index in [9.17, 15) is 0 Å². The van der Waals surface area contributed by atoms with Gasteiger partial charge < -0.3 is 4.90 Å². The molecule has 1 heterocycles. The van der Waals surface area contributed by atoms with Crippen LogP contribution in [0, 0.1) is 0 Å². The molecule has 0 spiro atoms. The van der Waals surface area contributed by atoms with Gasteiger partial charge in [-0.2, -0.15) is 0 Å². The third-order valence-corrected chi connectivity index (χ3v) is 1.42. The van der Waals surface area contributed by atoms with Crippen molar-refractivity contribution in [3.8, 4) is 0 Å². The summed E-state index contributed by atoms with van der Waals surface area (Å²) in [7, 11) is 0. The van der Waals surface area contributed by atoms with E-state index < -0.39 is 0 Å². The van der Waals surface area contributed by atoms with Gasteiger partial charge in [0.2, 0.25) is 0 Å². The van der Waals surface area contributed by atoms with Crippen LogP contribution in [0.25, 0.3) is 0 Å². The molecule has 1 rings (SSSR count). The van der Waals surface area contributed by atoms with Crippen molar-refractivity contribution in [1.29, 1.82) is 0 Å². The van der Waals surface area contributed by atoms with Crippen molar-refractivity contribution in [2.75, 3.05) is 19.0 Å². The second-order valence-electron chi connectivity index (χ2n) is 1.95. The van der Waals surface area contributed by atoms with Crippen LogP contribution in [0.3, 0.4) is 0 Å². The summed E-state index contributed by atoms with van der Waals surface area (Å²) in [6, 6.07) is 0. The summed E-state index contributed by atoms with van der Waals surface area (Å²) in [5.74, 6) is 0.707. The Bertz CT molecular complexity index is 132. The molecule has 1 nitrogen and oxygen atoms in total. The van der Waals surface area contributed by atoms with Gasteiger partial charge in [-0.15, -0.1) is 24.0 Å². The summed E-state index contributed by atoms with van der Waals surface area (Å²) in [6.45, 7) is 1.95. The van der Waals surface area contributed by atoms with Crippen molar-refractivity contribution in [2.45, 2.75) is 0 Å². The van der Waals surface area contributed by atoms with Crippen LogP contribution in [0.5, 0.6) is 0 Å². The fourth-order valence-electron chi connectivity index (χ4n) is 0.781. The molecule has 0 atom stereocenters. The summed E-state index contributed by atoms with van der Waals surface area (Å²) in [6.07, 6.45) is 8.25. The van der Waals surface area contributed by atoms with Crippen LogP contribution in [-0.2, 0) is 0 Å². The first-order chi connectivity index (χ1) is 4.43. The van der Waals surface area contributed by atoms with E-state index in [2.05, 4.69) is 17.2 Å². The fraction of sp³-hybridized carbons (Fsp3) is 0.429. The maximum atomic E-state index is 5.54. The molecular formula is C7H11Cl2N. The van der Waals surface area contributed by atoms with Crippen LogP contribution in [0.1, 0.15) is 0 Å². The predicted molar refractivity (Wildman–Crippen MR) is 47.8 cm³/mol. The molecule has 0 saturated heterocycles. The lowest BCUT2D eigenvalue weighted by molar-refractivity contribution is 0.438. The molecule has 0 bridgehead atoms. The minimum absolute atomic E-state index is 0. The van der Waals surface area contributed by atoms with Gasteiger partial charge in [-0.25, -0.2) is 0 Å². The normalized spacial score (nSPS) is 15.1. The molecule has 58 valence electrons. The molecule has 1 aliphatic rings. The highest BCUT2D eigenvalue weighted by molar-refractivity contribution is 6.18. The third kappa shape index (κ3) is 3.14. The van der Waals surface area contributed by atoms with Gasteiger partial charge in [-0.05, 0) is 12.3 Å². The molecule has 3 heteroatoms. The highest BCUT2D eigenvalue weighted by Gasteiger charge is 1.95. The topological polar surface area (TPSA) is 3.24 Å². The molecule has 0 unspecified atom stereocenters. The largest absolute Gasteiger partial charge is 0.372 e. The van der Waals surface area contributed by atoms with E-state index >= 15 is 0 Å². The second-order valence-corrected chi connectivity index (χ2v) is 2.33. The van der Waals surface area contributed by atoms with Crippen LogP contribution >= 0.6 is 24.0 Å².